The van der Waals surface area contributed by atoms with Crippen molar-refractivity contribution < 1.29 is 9.53 Å². The summed E-state index contributed by atoms with van der Waals surface area (Å²) in [5.74, 6) is 1.34. The zero-order chi connectivity index (χ0) is 20.7. The lowest BCUT2D eigenvalue weighted by Crippen LogP contribution is -2.51. The van der Waals surface area contributed by atoms with E-state index in [1.807, 2.05) is 56.4 Å². The number of hydrogen-bond donors (Lipinski definition) is 0. The molecule has 5 rings (SSSR count). The Morgan fingerprint density at radius 2 is 1.93 bits per heavy atom. The first-order chi connectivity index (χ1) is 14.6. The summed E-state index contributed by atoms with van der Waals surface area (Å²) in [6.45, 7) is 5.22. The molecule has 4 aromatic rings. The van der Waals surface area contributed by atoms with Gasteiger partial charge in [-0.25, -0.2) is 9.67 Å². The predicted octanol–water partition coefficient (Wildman–Crippen LogP) is 1.61. The second-order valence-corrected chi connectivity index (χ2v) is 7.35. The average molecular weight is 404 g/mol. The number of carbonyl (C=O) groups is 1. The molecule has 1 aliphatic rings. The van der Waals surface area contributed by atoms with Crippen LogP contribution in [0.4, 0.5) is 0 Å². The standard InChI is InChI=1S/C20H20N8O2/c1-13-8-14(2)28-18(23-24-20(28)21-13)19(29)26-10-16(11-26)27-9-15(22-25-27)12-30-17-6-4-3-5-7-17/h3-9,16H,10-12H2,1-2H3. The molecule has 0 atom stereocenters. The van der Waals surface area contributed by atoms with Crippen LogP contribution in [-0.4, -0.2) is 58.5 Å². The Hall–Kier alpha value is -3.82. The van der Waals surface area contributed by atoms with E-state index in [9.17, 15) is 4.79 Å². The number of aromatic nitrogens is 7. The summed E-state index contributed by atoms with van der Waals surface area (Å²) < 4.78 is 9.18. The Kier molecular flexibility index (Phi) is 4.38. The van der Waals surface area contributed by atoms with E-state index in [-0.39, 0.29) is 17.8 Å². The largest absolute Gasteiger partial charge is 0.487 e. The Morgan fingerprint density at radius 3 is 2.73 bits per heavy atom. The zero-order valence-electron chi connectivity index (χ0n) is 16.6. The van der Waals surface area contributed by atoms with Crippen molar-refractivity contribution in [1.29, 1.82) is 0 Å². The molecule has 10 heteroatoms. The van der Waals surface area contributed by atoms with E-state index in [1.54, 1.807) is 14.0 Å². The number of aryl methyl sites for hydroxylation is 2. The Morgan fingerprint density at radius 1 is 1.13 bits per heavy atom. The van der Waals surface area contributed by atoms with Crippen molar-refractivity contribution in [3.8, 4) is 5.75 Å². The molecule has 4 heterocycles. The molecule has 10 nitrogen and oxygen atoms in total. The maximum Gasteiger partial charge on any atom is 0.292 e. The van der Waals surface area contributed by atoms with Gasteiger partial charge in [-0.05, 0) is 32.0 Å². The van der Waals surface area contributed by atoms with E-state index in [4.69, 9.17) is 4.74 Å². The van der Waals surface area contributed by atoms with E-state index in [0.717, 1.165) is 22.8 Å². The number of ether oxygens (including phenoxy) is 1. The highest BCUT2D eigenvalue weighted by Crippen LogP contribution is 2.23. The van der Waals surface area contributed by atoms with Crippen molar-refractivity contribution in [2.75, 3.05) is 13.1 Å². The smallest absolute Gasteiger partial charge is 0.292 e. The fourth-order valence-corrected chi connectivity index (χ4v) is 3.53. The minimum Gasteiger partial charge on any atom is -0.487 e. The van der Waals surface area contributed by atoms with Gasteiger partial charge in [0.2, 0.25) is 5.82 Å². The van der Waals surface area contributed by atoms with Crippen LogP contribution in [0, 0.1) is 13.8 Å². The molecule has 0 unspecified atom stereocenters. The van der Waals surface area contributed by atoms with E-state index >= 15 is 0 Å². The molecule has 30 heavy (non-hydrogen) atoms. The van der Waals surface area contributed by atoms with Gasteiger partial charge in [0.25, 0.3) is 11.7 Å². The summed E-state index contributed by atoms with van der Waals surface area (Å²) in [5, 5.41) is 16.5. The van der Waals surface area contributed by atoms with Crippen LogP contribution in [0.5, 0.6) is 5.75 Å². The van der Waals surface area contributed by atoms with E-state index < -0.39 is 0 Å². The number of para-hydroxylation sites is 1. The lowest BCUT2D eigenvalue weighted by atomic mass is 10.1. The monoisotopic (exact) mass is 404 g/mol. The molecule has 0 radical (unpaired) electrons. The van der Waals surface area contributed by atoms with Gasteiger partial charge in [0.15, 0.2) is 0 Å². The van der Waals surface area contributed by atoms with Gasteiger partial charge in [0.05, 0.1) is 12.2 Å². The van der Waals surface area contributed by atoms with Crippen molar-refractivity contribution >= 4 is 11.7 Å². The van der Waals surface area contributed by atoms with Crippen LogP contribution in [0.25, 0.3) is 5.78 Å². The first-order valence-corrected chi connectivity index (χ1v) is 9.65. The van der Waals surface area contributed by atoms with E-state index in [0.29, 0.717) is 25.5 Å². The van der Waals surface area contributed by atoms with Crippen LogP contribution in [0.1, 0.15) is 33.7 Å². The second kappa shape index (κ2) is 7.21. The molecule has 1 saturated heterocycles. The molecule has 0 N–H and O–H groups in total. The summed E-state index contributed by atoms with van der Waals surface area (Å²) in [6, 6.07) is 11.5. The number of hydrogen-bond acceptors (Lipinski definition) is 7. The summed E-state index contributed by atoms with van der Waals surface area (Å²) in [6.07, 6.45) is 1.86. The van der Waals surface area contributed by atoms with Gasteiger partial charge in [-0.2, -0.15) is 0 Å². The number of fused-ring (bicyclic) bond motifs is 1. The van der Waals surface area contributed by atoms with Gasteiger partial charge < -0.3 is 9.64 Å². The Balaban J connectivity index is 1.23. The predicted molar refractivity (Wildman–Crippen MR) is 106 cm³/mol. The van der Waals surface area contributed by atoms with E-state index in [2.05, 4.69) is 25.5 Å². The molecule has 0 spiro atoms. The van der Waals surface area contributed by atoms with Crippen LogP contribution in [-0.2, 0) is 6.61 Å². The molecule has 152 valence electrons. The normalized spacial score (nSPS) is 14.1. The van der Waals surface area contributed by atoms with Gasteiger partial charge in [-0.3, -0.25) is 9.20 Å². The number of amides is 1. The van der Waals surface area contributed by atoms with Gasteiger partial charge in [0.1, 0.15) is 18.1 Å². The van der Waals surface area contributed by atoms with Crippen molar-refractivity contribution in [2.24, 2.45) is 0 Å². The average Bonchev–Trinajstić information content (AvgIpc) is 3.33. The van der Waals surface area contributed by atoms with Crippen LogP contribution in [0.3, 0.4) is 0 Å². The van der Waals surface area contributed by atoms with Crippen molar-refractivity contribution in [1.82, 2.24) is 39.5 Å². The minimum absolute atomic E-state index is 0.0765. The number of carbonyl (C=O) groups excluding carboxylic acids is 1. The third-order valence-corrected chi connectivity index (χ3v) is 5.10. The van der Waals surface area contributed by atoms with E-state index in [1.165, 1.54) is 0 Å². The Labute approximate surface area is 172 Å². The molecular formula is C20H20N8O2. The highest BCUT2D eigenvalue weighted by molar-refractivity contribution is 5.92. The molecule has 0 bridgehead atoms. The quantitative estimate of drug-likeness (QED) is 0.498. The lowest BCUT2D eigenvalue weighted by Gasteiger charge is -2.38. The van der Waals surface area contributed by atoms with Gasteiger partial charge in [-0.1, -0.05) is 23.4 Å². The van der Waals surface area contributed by atoms with Gasteiger partial charge in [0, 0.05) is 24.5 Å². The third-order valence-electron chi connectivity index (χ3n) is 5.10. The number of nitrogens with zero attached hydrogens (tertiary/aromatic N) is 8. The van der Waals surface area contributed by atoms with Gasteiger partial charge in [-0.15, -0.1) is 15.3 Å². The molecular weight excluding hydrogens is 384 g/mol. The fourth-order valence-electron chi connectivity index (χ4n) is 3.53. The van der Waals surface area contributed by atoms with Crippen LogP contribution in [0.15, 0.2) is 42.6 Å². The number of likely N-dealkylation sites (tertiary alicyclic amines) is 1. The fraction of sp³-hybridized carbons (Fsp3) is 0.300. The first-order valence-electron chi connectivity index (χ1n) is 9.65. The first kappa shape index (κ1) is 18.2. The molecule has 0 aliphatic carbocycles. The molecule has 3 aromatic heterocycles. The van der Waals surface area contributed by atoms with Crippen LogP contribution in [0.2, 0.25) is 0 Å². The SMILES string of the molecule is Cc1cc(C)n2c(C(=O)N3CC(n4cc(COc5ccccc5)nn4)C3)nnc2n1. The number of rotatable bonds is 5. The lowest BCUT2D eigenvalue weighted by molar-refractivity contribution is 0.0484. The second-order valence-electron chi connectivity index (χ2n) is 7.35. The topological polar surface area (TPSA) is 103 Å². The maximum atomic E-state index is 12.9. The van der Waals surface area contributed by atoms with Crippen molar-refractivity contribution in [3.05, 3.63) is 65.5 Å². The summed E-state index contributed by atoms with van der Waals surface area (Å²) in [7, 11) is 0. The highest BCUT2D eigenvalue weighted by atomic mass is 16.5. The summed E-state index contributed by atoms with van der Waals surface area (Å²) in [4.78, 5) is 18.9. The molecule has 1 fully saturated rings. The number of benzene rings is 1. The van der Waals surface area contributed by atoms with Gasteiger partial charge >= 0.3 is 0 Å². The maximum absolute atomic E-state index is 12.9. The van der Waals surface area contributed by atoms with Crippen molar-refractivity contribution in [2.45, 2.75) is 26.5 Å². The Bertz CT molecular complexity index is 1210. The molecule has 0 saturated carbocycles. The van der Waals surface area contributed by atoms with Crippen LogP contribution >= 0.6 is 0 Å². The third kappa shape index (κ3) is 3.25. The molecule has 1 amide bonds. The van der Waals surface area contributed by atoms with Crippen molar-refractivity contribution in [3.63, 3.8) is 0 Å². The minimum atomic E-state index is -0.166. The highest BCUT2D eigenvalue weighted by Gasteiger charge is 2.35. The molecule has 1 aromatic carbocycles. The zero-order valence-corrected chi connectivity index (χ0v) is 16.6. The summed E-state index contributed by atoms with van der Waals surface area (Å²) in [5.41, 5.74) is 2.46. The van der Waals surface area contributed by atoms with Crippen LogP contribution < -0.4 is 4.74 Å². The summed E-state index contributed by atoms with van der Waals surface area (Å²) >= 11 is 0. The molecule has 1 aliphatic heterocycles.